The van der Waals surface area contributed by atoms with Gasteiger partial charge in [-0.05, 0) is 32.0 Å². The van der Waals surface area contributed by atoms with Crippen LogP contribution in [0.25, 0.3) is 0 Å². The minimum atomic E-state index is -4.40. The first-order valence-electron chi connectivity index (χ1n) is 5.83. The van der Waals surface area contributed by atoms with Gasteiger partial charge in [-0.25, -0.2) is 0 Å². The summed E-state index contributed by atoms with van der Waals surface area (Å²) in [7, 11) is 1.60. The minimum Gasteiger partial charge on any atom is -0.378 e. The van der Waals surface area contributed by atoms with Gasteiger partial charge in [0.25, 0.3) is 0 Å². The van der Waals surface area contributed by atoms with Gasteiger partial charge >= 0.3 is 6.18 Å². The summed E-state index contributed by atoms with van der Waals surface area (Å²) in [5.41, 5.74) is -0.801. The number of nitrogens with zero attached hydrogens (tertiary/aromatic N) is 1. The molecule has 0 amide bonds. The number of rotatable bonds is 3. The van der Waals surface area contributed by atoms with Crippen LogP contribution in [0.2, 0.25) is 0 Å². The van der Waals surface area contributed by atoms with E-state index >= 15 is 0 Å². The normalized spacial score (nSPS) is 20.0. The van der Waals surface area contributed by atoms with Gasteiger partial charge in [0.05, 0.1) is 5.60 Å². The van der Waals surface area contributed by atoms with Crippen LogP contribution in [0.15, 0.2) is 6.07 Å². The molecule has 4 nitrogen and oxygen atoms in total. The average molecular weight is 263 g/mol. The number of nitrogens with one attached hydrogen (secondary N) is 2. The first kappa shape index (κ1) is 13.4. The third-order valence-electron chi connectivity index (χ3n) is 3.38. The molecule has 2 N–H and O–H groups in total. The van der Waals surface area contributed by atoms with Crippen molar-refractivity contribution in [1.29, 1.82) is 0 Å². The molecule has 0 aromatic carbocycles. The van der Waals surface area contributed by atoms with Gasteiger partial charge in [-0.2, -0.15) is 18.3 Å². The van der Waals surface area contributed by atoms with E-state index in [9.17, 15) is 13.2 Å². The Balaban J connectivity index is 2.10. The van der Waals surface area contributed by atoms with Crippen molar-refractivity contribution in [1.82, 2.24) is 15.5 Å². The van der Waals surface area contributed by atoms with E-state index in [0.717, 1.165) is 32.0 Å². The Bertz CT molecular complexity index is 396. The Morgan fingerprint density at radius 2 is 2.06 bits per heavy atom. The molecule has 7 heteroatoms. The molecule has 1 aliphatic rings. The predicted molar refractivity (Wildman–Crippen MR) is 59.1 cm³/mol. The van der Waals surface area contributed by atoms with Crippen molar-refractivity contribution >= 4 is 0 Å². The Hall–Kier alpha value is -1.08. The molecule has 0 radical (unpaired) electrons. The standard InChI is InChI=1S/C11H16F3N3O/c1-18-10(2-4-15-5-3-10)7-8-6-9(17-16-8)11(12,13)14/h6,15H,2-5,7H2,1H3,(H,16,17). The van der Waals surface area contributed by atoms with Crippen molar-refractivity contribution in [2.75, 3.05) is 20.2 Å². The topological polar surface area (TPSA) is 49.9 Å². The molecule has 18 heavy (non-hydrogen) atoms. The summed E-state index contributed by atoms with van der Waals surface area (Å²) in [4.78, 5) is 0. The van der Waals surface area contributed by atoms with Crippen LogP contribution in [0.1, 0.15) is 24.2 Å². The number of H-pyrrole nitrogens is 1. The lowest BCUT2D eigenvalue weighted by Crippen LogP contribution is -2.45. The largest absolute Gasteiger partial charge is 0.435 e. The van der Waals surface area contributed by atoms with Gasteiger partial charge in [-0.3, -0.25) is 5.10 Å². The fourth-order valence-corrected chi connectivity index (χ4v) is 2.28. The molecular formula is C11H16F3N3O. The van der Waals surface area contributed by atoms with Crippen molar-refractivity contribution in [3.63, 3.8) is 0 Å². The Kier molecular flexibility index (Phi) is 3.63. The quantitative estimate of drug-likeness (QED) is 0.873. The number of hydrogen-bond acceptors (Lipinski definition) is 3. The van der Waals surface area contributed by atoms with E-state index in [1.165, 1.54) is 0 Å². The Labute approximate surface area is 103 Å². The van der Waals surface area contributed by atoms with Gasteiger partial charge in [0.1, 0.15) is 0 Å². The number of halogens is 3. The molecule has 0 spiro atoms. The zero-order valence-corrected chi connectivity index (χ0v) is 10.1. The Morgan fingerprint density at radius 3 is 2.56 bits per heavy atom. The number of ether oxygens (including phenoxy) is 1. The van der Waals surface area contributed by atoms with E-state index in [4.69, 9.17) is 4.74 Å². The second-order valence-electron chi connectivity index (χ2n) is 4.59. The van der Waals surface area contributed by atoms with Crippen molar-refractivity contribution in [2.24, 2.45) is 0 Å². The van der Waals surface area contributed by atoms with E-state index in [0.29, 0.717) is 12.1 Å². The predicted octanol–water partition coefficient (Wildman–Crippen LogP) is 1.74. The van der Waals surface area contributed by atoms with Crippen molar-refractivity contribution in [3.8, 4) is 0 Å². The van der Waals surface area contributed by atoms with Crippen LogP contribution in [0.4, 0.5) is 13.2 Å². The number of piperidine rings is 1. The number of aromatic amines is 1. The first-order chi connectivity index (χ1) is 8.45. The lowest BCUT2D eigenvalue weighted by molar-refractivity contribution is -0.141. The molecule has 0 atom stereocenters. The zero-order chi connectivity index (χ0) is 13.2. The summed E-state index contributed by atoms with van der Waals surface area (Å²) >= 11 is 0. The van der Waals surface area contributed by atoms with Gasteiger partial charge in [0.15, 0.2) is 5.69 Å². The van der Waals surface area contributed by atoms with Gasteiger partial charge in [-0.1, -0.05) is 0 Å². The number of methoxy groups -OCH3 is 1. The van der Waals surface area contributed by atoms with Gasteiger partial charge in [-0.15, -0.1) is 0 Å². The molecule has 0 unspecified atom stereocenters. The van der Waals surface area contributed by atoms with Gasteiger partial charge in [0.2, 0.25) is 0 Å². The molecule has 1 fully saturated rings. The van der Waals surface area contributed by atoms with Crippen molar-refractivity contribution < 1.29 is 17.9 Å². The van der Waals surface area contributed by atoms with Crippen LogP contribution in [0.3, 0.4) is 0 Å². The van der Waals surface area contributed by atoms with E-state index in [1.807, 2.05) is 0 Å². The summed E-state index contributed by atoms with van der Waals surface area (Å²) in [5.74, 6) is 0. The van der Waals surface area contributed by atoms with Crippen LogP contribution in [0, 0.1) is 0 Å². The molecule has 0 bridgehead atoms. The minimum absolute atomic E-state index is 0.388. The summed E-state index contributed by atoms with van der Waals surface area (Å²) in [6, 6.07) is 1.06. The third kappa shape index (κ3) is 2.84. The molecule has 1 aromatic heterocycles. The maximum Gasteiger partial charge on any atom is 0.435 e. The highest BCUT2D eigenvalue weighted by Crippen LogP contribution is 2.30. The second kappa shape index (κ2) is 4.89. The van der Waals surface area contributed by atoms with Crippen LogP contribution >= 0.6 is 0 Å². The molecule has 0 aliphatic carbocycles. The summed E-state index contributed by atoms with van der Waals surface area (Å²) in [6.45, 7) is 1.63. The van der Waals surface area contributed by atoms with E-state index in [2.05, 4.69) is 15.5 Å². The molecule has 1 aromatic rings. The molecule has 2 rings (SSSR count). The smallest absolute Gasteiger partial charge is 0.378 e. The number of aromatic nitrogens is 2. The highest BCUT2D eigenvalue weighted by atomic mass is 19.4. The van der Waals surface area contributed by atoms with E-state index in [-0.39, 0.29) is 5.60 Å². The summed E-state index contributed by atoms with van der Waals surface area (Å²) in [5, 5.41) is 8.95. The first-order valence-corrected chi connectivity index (χ1v) is 5.83. The molecule has 2 heterocycles. The molecular weight excluding hydrogens is 247 g/mol. The van der Waals surface area contributed by atoms with Gasteiger partial charge < -0.3 is 10.1 Å². The highest BCUT2D eigenvalue weighted by Gasteiger charge is 2.36. The number of hydrogen-bond donors (Lipinski definition) is 2. The third-order valence-corrected chi connectivity index (χ3v) is 3.38. The van der Waals surface area contributed by atoms with Crippen molar-refractivity contribution in [3.05, 3.63) is 17.5 Å². The SMILES string of the molecule is COC1(Cc2cc(C(F)(F)F)n[nH]2)CCNCC1. The Morgan fingerprint density at radius 1 is 1.39 bits per heavy atom. The molecule has 1 saturated heterocycles. The van der Waals surface area contributed by atoms with E-state index < -0.39 is 11.9 Å². The zero-order valence-electron chi connectivity index (χ0n) is 10.1. The van der Waals surface area contributed by atoms with E-state index in [1.54, 1.807) is 7.11 Å². The summed E-state index contributed by atoms with van der Waals surface area (Å²) < 4.78 is 42.8. The molecule has 0 saturated carbocycles. The molecule has 1 aliphatic heterocycles. The monoisotopic (exact) mass is 263 g/mol. The maximum absolute atomic E-state index is 12.4. The average Bonchev–Trinajstić information content (AvgIpc) is 2.78. The fraction of sp³-hybridized carbons (Fsp3) is 0.727. The van der Waals surface area contributed by atoms with Crippen LogP contribution in [-0.4, -0.2) is 36.0 Å². The lowest BCUT2D eigenvalue weighted by Gasteiger charge is -2.36. The van der Waals surface area contributed by atoms with Crippen LogP contribution in [0.5, 0.6) is 0 Å². The lowest BCUT2D eigenvalue weighted by atomic mass is 9.87. The maximum atomic E-state index is 12.4. The van der Waals surface area contributed by atoms with Crippen molar-refractivity contribution in [2.45, 2.75) is 31.0 Å². The second-order valence-corrected chi connectivity index (χ2v) is 4.59. The van der Waals surface area contributed by atoms with Crippen LogP contribution in [-0.2, 0) is 17.3 Å². The fourth-order valence-electron chi connectivity index (χ4n) is 2.28. The number of alkyl halides is 3. The van der Waals surface area contributed by atoms with Crippen LogP contribution < -0.4 is 5.32 Å². The highest BCUT2D eigenvalue weighted by molar-refractivity contribution is 5.14. The summed E-state index contributed by atoms with van der Waals surface area (Å²) in [6.07, 6.45) is -2.41. The molecule has 102 valence electrons. The van der Waals surface area contributed by atoms with Gasteiger partial charge in [0, 0.05) is 19.2 Å².